The molecule has 2 aliphatic rings. The van der Waals surface area contributed by atoms with Crippen molar-refractivity contribution in [2.45, 2.75) is 86.3 Å². The maximum absolute atomic E-state index is 13.4. The number of halogens is 7. The fraction of sp³-hybridized carbons (Fsp3) is 0.944. The number of hydrogen-bond donors (Lipinski definition) is 1. The van der Waals surface area contributed by atoms with Crippen molar-refractivity contribution in [3.8, 4) is 0 Å². The fourth-order valence-corrected chi connectivity index (χ4v) is 4.72. The average Bonchev–Trinajstić information content (AvgIpc) is 2.58. The Morgan fingerprint density at radius 3 is 2.00 bits per heavy atom. The maximum atomic E-state index is 13.4. The van der Waals surface area contributed by atoms with Crippen LogP contribution in [0.15, 0.2) is 0 Å². The van der Waals surface area contributed by atoms with Crippen LogP contribution in [0, 0.1) is 17.8 Å². The van der Waals surface area contributed by atoms with E-state index in [-0.39, 0.29) is 19.3 Å². The number of carbonyl (C=O) groups is 1. The van der Waals surface area contributed by atoms with E-state index in [1.54, 1.807) is 13.8 Å². The Bertz CT molecular complexity index is 561. The van der Waals surface area contributed by atoms with Crippen molar-refractivity contribution in [2.75, 3.05) is 0 Å². The van der Waals surface area contributed by atoms with E-state index >= 15 is 0 Å². The van der Waals surface area contributed by atoms with Crippen molar-refractivity contribution in [1.29, 1.82) is 0 Å². The van der Waals surface area contributed by atoms with Crippen LogP contribution in [-0.2, 0) is 9.53 Å². The Balaban J connectivity index is 2.32. The third kappa shape index (κ3) is 4.27. The molecule has 1 N–H and O–H groups in total. The van der Waals surface area contributed by atoms with Crippen LogP contribution in [0.3, 0.4) is 0 Å². The summed E-state index contributed by atoms with van der Waals surface area (Å²) in [7, 11) is 0. The lowest BCUT2D eigenvalue weighted by Gasteiger charge is -2.50. The minimum Gasteiger partial charge on any atom is -0.461 e. The third-order valence-corrected chi connectivity index (χ3v) is 7.58. The molecule has 2 fully saturated rings. The first-order valence-corrected chi connectivity index (χ1v) is 10.5. The van der Waals surface area contributed by atoms with Gasteiger partial charge in [0.25, 0.3) is 5.60 Å². The molecule has 0 saturated heterocycles. The van der Waals surface area contributed by atoms with E-state index in [0.717, 1.165) is 0 Å². The molecule has 5 unspecified atom stereocenters. The highest BCUT2D eigenvalue weighted by molar-refractivity contribution is 14.1. The number of alkyl halides is 7. The molecule has 0 bridgehead atoms. The fourth-order valence-electron chi connectivity index (χ4n) is 4.60. The molecule has 3 nitrogen and oxygen atoms in total. The Labute approximate surface area is 173 Å². The third-order valence-electron chi connectivity index (χ3n) is 6.37. The van der Waals surface area contributed by atoms with Gasteiger partial charge in [-0.05, 0) is 57.3 Å². The number of hydrogen-bond acceptors (Lipinski definition) is 3. The Morgan fingerprint density at radius 1 is 1.00 bits per heavy atom. The number of aliphatic hydroxyl groups is 1. The second-order valence-corrected chi connectivity index (χ2v) is 10.4. The first kappa shape index (κ1) is 24.0. The van der Waals surface area contributed by atoms with Gasteiger partial charge in [0, 0.05) is 5.92 Å². The van der Waals surface area contributed by atoms with Crippen molar-refractivity contribution in [3.05, 3.63) is 0 Å². The molecule has 0 amide bonds. The van der Waals surface area contributed by atoms with Crippen LogP contribution in [0.5, 0.6) is 0 Å². The highest BCUT2D eigenvalue weighted by Crippen LogP contribution is 2.57. The van der Waals surface area contributed by atoms with E-state index in [1.165, 1.54) is 0 Å². The first-order chi connectivity index (χ1) is 12.7. The summed E-state index contributed by atoms with van der Waals surface area (Å²) in [5.74, 6) is -4.12. The summed E-state index contributed by atoms with van der Waals surface area (Å²) in [5.41, 5.74) is -4.75. The maximum Gasteiger partial charge on any atom is 0.426 e. The number of carbonyl (C=O) groups excluding carboxylic acids is 1. The molecule has 0 radical (unpaired) electrons. The van der Waals surface area contributed by atoms with Crippen molar-refractivity contribution in [1.82, 2.24) is 0 Å². The minimum absolute atomic E-state index is 0.115. The molecule has 5 atom stereocenters. The summed E-state index contributed by atoms with van der Waals surface area (Å²) >= 11 is 1.94. The summed E-state index contributed by atoms with van der Waals surface area (Å²) in [4.78, 5) is 12.4. The summed E-state index contributed by atoms with van der Waals surface area (Å²) in [6.45, 7) is 3.47. The van der Waals surface area contributed by atoms with Crippen LogP contribution in [0.1, 0.15) is 58.8 Å². The van der Waals surface area contributed by atoms with Gasteiger partial charge in [-0.15, -0.1) is 0 Å². The van der Waals surface area contributed by atoms with E-state index in [1.807, 2.05) is 22.6 Å². The smallest absolute Gasteiger partial charge is 0.426 e. The van der Waals surface area contributed by atoms with Gasteiger partial charge in [-0.25, -0.2) is 0 Å². The number of rotatable bonds is 4. The van der Waals surface area contributed by atoms with Crippen molar-refractivity contribution in [2.24, 2.45) is 17.8 Å². The van der Waals surface area contributed by atoms with Crippen molar-refractivity contribution in [3.63, 3.8) is 0 Å². The molecule has 28 heavy (non-hydrogen) atoms. The second kappa shape index (κ2) is 8.11. The first-order valence-electron chi connectivity index (χ1n) is 9.42. The van der Waals surface area contributed by atoms with Crippen molar-refractivity contribution >= 4 is 28.6 Å². The molecule has 0 spiro atoms. The van der Waals surface area contributed by atoms with Gasteiger partial charge in [0.1, 0.15) is 9.53 Å². The monoisotopic (exact) mass is 530 g/mol. The molecule has 0 aromatic rings. The predicted molar refractivity (Wildman–Crippen MR) is 97.8 cm³/mol. The van der Waals surface area contributed by atoms with Gasteiger partial charge in [-0.1, -0.05) is 35.9 Å². The van der Waals surface area contributed by atoms with Crippen LogP contribution >= 0.6 is 22.6 Å². The number of fused-ring (bicyclic) bond motifs is 1. The Kier molecular flexibility index (Phi) is 6.96. The molecular formula is C18H25F6IO3. The van der Waals surface area contributed by atoms with Gasteiger partial charge in [-0.3, -0.25) is 4.79 Å². The zero-order chi connectivity index (χ0) is 21.5. The molecule has 10 heteroatoms. The number of ether oxygens (including phenoxy) is 1. The van der Waals surface area contributed by atoms with Gasteiger partial charge in [0.15, 0.2) is 0 Å². The van der Waals surface area contributed by atoms with Crippen LogP contribution in [0.25, 0.3) is 0 Å². The summed E-state index contributed by atoms with van der Waals surface area (Å²) in [6.07, 6.45) is -10.9. The molecule has 2 aliphatic carbocycles. The van der Waals surface area contributed by atoms with Gasteiger partial charge in [0.2, 0.25) is 0 Å². The largest absolute Gasteiger partial charge is 0.461 e. The van der Waals surface area contributed by atoms with Crippen LogP contribution < -0.4 is 0 Å². The molecule has 0 heterocycles. The topological polar surface area (TPSA) is 46.5 Å². The average molecular weight is 530 g/mol. The van der Waals surface area contributed by atoms with Crippen LogP contribution in [0.2, 0.25) is 0 Å². The van der Waals surface area contributed by atoms with Crippen molar-refractivity contribution < 1.29 is 41.0 Å². The standard InChI is InChI=1S/C18H25F6IO3/c1-3-15(2,25)14(26)28-13-9-5-6-10-11(13)7-4-8-12(10)16(27,17(19,20)21)18(22,23)24/h10-13,27H,3-9H2,1-2H3. The van der Waals surface area contributed by atoms with Gasteiger partial charge < -0.3 is 9.84 Å². The molecule has 164 valence electrons. The minimum atomic E-state index is -5.83. The predicted octanol–water partition coefficient (Wildman–Crippen LogP) is 5.57. The highest BCUT2D eigenvalue weighted by Gasteiger charge is 2.75. The molecular weight excluding hydrogens is 505 g/mol. The highest BCUT2D eigenvalue weighted by atomic mass is 127. The van der Waals surface area contributed by atoms with Gasteiger partial charge in [-0.2, -0.15) is 26.3 Å². The molecule has 2 rings (SSSR count). The molecule has 0 aromatic heterocycles. The Hall–Kier alpha value is -0.260. The zero-order valence-electron chi connectivity index (χ0n) is 15.7. The second-order valence-electron chi connectivity index (χ2n) is 8.05. The van der Waals surface area contributed by atoms with E-state index < -0.39 is 51.2 Å². The Morgan fingerprint density at radius 2 is 1.50 bits per heavy atom. The lowest BCUT2D eigenvalue weighted by Crippen LogP contribution is -2.65. The quantitative estimate of drug-likeness (QED) is 0.224. The molecule has 0 aromatic carbocycles. The van der Waals surface area contributed by atoms with Crippen LogP contribution in [-0.4, -0.2) is 38.6 Å². The van der Waals surface area contributed by atoms with E-state index in [9.17, 15) is 36.2 Å². The van der Waals surface area contributed by atoms with Gasteiger partial charge >= 0.3 is 18.3 Å². The summed E-state index contributed by atoms with van der Waals surface area (Å²) in [6, 6.07) is 0. The molecule has 0 aliphatic heterocycles. The van der Waals surface area contributed by atoms with E-state index in [4.69, 9.17) is 4.74 Å². The normalized spacial score (nSPS) is 31.6. The lowest BCUT2D eigenvalue weighted by molar-refractivity contribution is -0.394. The van der Waals surface area contributed by atoms with Gasteiger partial charge in [0.05, 0.1) is 0 Å². The summed E-state index contributed by atoms with van der Waals surface area (Å²) in [5, 5.41) is 9.92. The molecule has 2 saturated carbocycles. The summed E-state index contributed by atoms with van der Waals surface area (Å²) < 4.78 is 85.1. The zero-order valence-corrected chi connectivity index (χ0v) is 17.8. The van der Waals surface area contributed by atoms with E-state index in [2.05, 4.69) is 0 Å². The lowest BCUT2D eigenvalue weighted by atomic mass is 9.59. The van der Waals surface area contributed by atoms with E-state index in [0.29, 0.717) is 25.7 Å². The number of esters is 1. The van der Waals surface area contributed by atoms with Crippen LogP contribution in [0.4, 0.5) is 26.3 Å². The SMILES string of the molecule is CCC(C)(I)C(=O)OC1CCCC2C1CCCC2C(O)(C(F)(F)F)C(F)(F)F.